The number of hydrazone groups is 1. The fourth-order valence-corrected chi connectivity index (χ4v) is 4.01. The minimum atomic E-state index is -0.659. The average molecular weight is 433 g/mol. The van der Waals surface area contributed by atoms with Crippen molar-refractivity contribution in [3.63, 3.8) is 0 Å². The summed E-state index contributed by atoms with van der Waals surface area (Å²) in [5, 5.41) is 12.1. The van der Waals surface area contributed by atoms with E-state index in [2.05, 4.69) is 22.0 Å². The molecule has 6 nitrogen and oxygen atoms in total. The van der Waals surface area contributed by atoms with Crippen LogP contribution in [-0.2, 0) is 4.79 Å². The van der Waals surface area contributed by atoms with E-state index in [1.165, 1.54) is 12.8 Å². The molecule has 1 saturated carbocycles. The zero-order chi connectivity index (χ0) is 19.2. The lowest BCUT2D eigenvalue weighted by Crippen LogP contribution is -2.35. The highest BCUT2D eigenvalue weighted by atomic mass is 79.9. The third-order valence-corrected chi connectivity index (χ3v) is 5.96. The van der Waals surface area contributed by atoms with Crippen molar-refractivity contribution in [3.8, 4) is 5.88 Å². The Morgan fingerprint density at radius 1 is 1.30 bits per heavy atom. The number of halogens is 1. The Balaban J connectivity index is 1.78. The maximum atomic E-state index is 12.9. The summed E-state index contributed by atoms with van der Waals surface area (Å²) in [4.78, 5) is 12.9. The van der Waals surface area contributed by atoms with Gasteiger partial charge in [-0.1, -0.05) is 15.9 Å². The molecule has 0 unspecified atom stereocenters. The number of pyridine rings is 1. The molecule has 1 fully saturated rings. The van der Waals surface area contributed by atoms with Gasteiger partial charge in [-0.3, -0.25) is 4.79 Å². The highest BCUT2D eigenvalue weighted by Gasteiger charge is 2.44. The second-order valence-corrected chi connectivity index (χ2v) is 8.62. The van der Waals surface area contributed by atoms with E-state index in [-0.39, 0.29) is 5.91 Å². The van der Waals surface area contributed by atoms with E-state index in [1.807, 2.05) is 30.5 Å². The summed E-state index contributed by atoms with van der Waals surface area (Å²) < 4.78 is 7.34. The van der Waals surface area contributed by atoms with Crippen LogP contribution in [0.3, 0.4) is 0 Å². The molecule has 0 bridgehead atoms. The number of alkyl halides is 1. The second kappa shape index (κ2) is 6.93. The smallest absolute Gasteiger partial charge is 0.254 e. The maximum absolute atomic E-state index is 12.9. The van der Waals surface area contributed by atoms with E-state index < -0.39 is 5.41 Å². The zero-order valence-electron chi connectivity index (χ0n) is 16.0. The lowest BCUT2D eigenvalue weighted by atomic mass is 9.83. The Hall–Kier alpha value is -1.89. The topological polar surface area (TPSA) is 59.2 Å². The van der Waals surface area contributed by atoms with Crippen LogP contribution in [0.15, 0.2) is 23.3 Å². The molecule has 2 aromatic rings. The normalized spacial score (nSPS) is 19.0. The largest absolute Gasteiger partial charge is 0.481 e. The molecule has 144 valence electrons. The van der Waals surface area contributed by atoms with Crippen LogP contribution in [0.25, 0.3) is 5.52 Å². The molecule has 3 heterocycles. The number of hydrogen-bond acceptors (Lipinski definition) is 4. The van der Waals surface area contributed by atoms with Crippen LogP contribution >= 0.6 is 15.9 Å². The Bertz CT molecular complexity index is 914. The summed E-state index contributed by atoms with van der Waals surface area (Å²) in [6.07, 6.45) is 4.33. The van der Waals surface area contributed by atoms with Gasteiger partial charge in [0.1, 0.15) is 0 Å². The first kappa shape index (κ1) is 18.5. The van der Waals surface area contributed by atoms with Gasteiger partial charge in [-0.15, -0.1) is 0 Å². The molecule has 4 rings (SSSR count). The molecule has 2 aliphatic rings. The van der Waals surface area contributed by atoms with Gasteiger partial charge in [0, 0.05) is 29.4 Å². The minimum absolute atomic E-state index is 0.0583. The molecule has 27 heavy (non-hydrogen) atoms. The highest BCUT2D eigenvalue weighted by Crippen LogP contribution is 2.41. The third kappa shape index (κ3) is 3.16. The second-order valence-electron chi connectivity index (χ2n) is 7.83. The van der Waals surface area contributed by atoms with Gasteiger partial charge in [0.15, 0.2) is 0 Å². The maximum Gasteiger partial charge on any atom is 0.254 e. The van der Waals surface area contributed by atoms with Gasteiger partial charge in [-0.25, -0.2) is 9.52 Å². The van der Waals surface area contributed by atoms with Gasteiger partial charge in [0.05, 0.1) is 29.4 Å². The Morgan fingerprint density at radius 2 is 2.07 bits per heavy atom. The number of amides is 1. The predicted molar refractivity (Wildman–Crippen MR) is 109 cm³/mol. The number of hydrogen-bond donors (Lipinski definition) is 0. The van der Waals surface area contributed by atoms with Crippen LogP contribution in [0.5, 0.6) is 5.88 Å². The number of unbranched alkanes of at least 4 members (excludes halogenated alkanes) is 1. The van der Waals surface area contributed by atoms with Crippen LogP contribution in [-0.4, -0.2) is 45.2 Å². The Kier molecular flexibility index (Phi) is 4.74. The van der Waals surface area contributed by atoms with Crippen molar-refractivity contribution in [2.24, 2.45) is 10.5 Å². The van der Waals surface area contributed by atoms with E-state index in [0.717, 1.165) is 40.7 Å². The molecular formula is C20H25BrN4O2. The molecule has 1 amide bonds. The zero-order valence-corrected chi connectivity index (χ0v) is 17.6. The van der Waals surface area contributed by atoms with Crippen LogP contribution < -0.4 is 4.74 Å². The number of carbonyl (C=O) groups is 1. The van der Waals surface area contributed by atoms with Crippen LogP contribution in [0.4, 0.5) is 0 Å². The summed E-state index contributed by atoms with van der Waals surface area (Å²) in [6.45, 7) is 4.56. The summed E-state index contributed by atoms with van der Waals surface area (Å²) in [5.41, 5.74) is 3.15. The molecule has 1 aliphatic carbocycles. The first-order valence-corrected chi connectivity index (χ1v) is 10.6. The quantitative estimate of drug-likeness (QED) is 0.491. The van der Waals surface area contributed by atoms with Gasteiger partial charge >= 0.3 is 0 Å². The van der Waals surface area contributed by atoms with Gasteiger partial charge in [-0.05, 0) is 51.7 Å². The van der Waals surface area contributed by atoms with E-state index in [4.69, 9.17) is 14.9 Å². The van der Waals surface area contributed by atoms with Crippen molar-refractivity contribution >= 4 is 33.1 Å². The van der Waals surface area contributed by atoms with Gasteiger partial charge in [0.2, 0.25) is 5.88 Å². The fraction of sp³-hybridized carbons (Fsp3) is 0.550. The first-order chi connectivity index (χ1) is 13.0. The van der Waals surface area contributed by atoms with Gasteiger partial charge in [-0.2, -0.15) is 10.2 Å². The minimum Gasteiger partial charge on any atom is -0.481 e. The first-order valence-electron chi connectivity index (χ1n) is 9.51. The molecule has 0 spiro atoms. The number of ether oxygens (including phenoxy) is 1. The Labute approximate surface area is 167 Å². The molecule has 0 atom stereocenters. The molecule has 0 radical (unpaired) electrons. The number of rotatable bonds is 7. The standard InChI is InChI=1S/C20H25BrN4O2/c1-20(2)18(23-24(19(20)26)11-5-4-10-21)14-8-9-17(27-3)25-16(14)12-15(22-25)13-6-7-13/h8-9,12-13H,4-7,10-11H2,1-3H3. The molecule has 2 aromatic heterocycles. The number of carbonyl (C=O) groups excluding carboxylic acids is 1. The van der Waals surface area contributed by atoms with Crippen molar-refractivity contribution in [2.45, 2.75) is 45.4 Å². The Morgan fingerprint density at radius 3 is 2.74 bits per heavy atom. The van der Waals surface area contributed by atoms with E-state index in [9.17, 15) is 4.79 Å². The SMILES string of the molecule is COc1ccc(C2=NN(CCCCBr)C(=O)C2(C)C)c2cc(C3CC3)nn12. The van der Waals surface area contributed by atoms with Crippen molar-refractivity contribution in [1.29, 1.82) is 0 Å². The van der Waals surface area contributed by atoms with Crippen LogP contribution in [0.2, 0.25) is 0 Å². The molecule has 7 heteroatoms. The van der Waals surface area contributed by atoms with Crippen LogP contribution in [0.1, 0.15) is 56.7 Å². The summed E-state index contributed by atoms with van der Waals surface area (Å²) >= 11 is 3.44. The monoisotopic (exact) mass is 432 g/mol. The summed E-state index contributed by atoms with van der Waals surface area (Å²) in [6, 6.07) is 6.04. The van der Waals surface area contributed by atoms with E-state index in [1.54, 1.807) is 12.1 Å². The molecule has 0 aromatic carbocycles. The van der Waals surface area contributed by atoms with Crippen molar-refractivity contribution < 1.29 is 9.53 Å². The van der Waals surface area contributed by atoms with Crippen molar-refractivity contribution in [1.82, 2.24) is 14.6 Å². The number of nitrogens with zero attached hydrogens (tertiary/aromatic N) is 4. The summed E-state index contributed by atoms with van der Waals surface area (Å²) in [7, 11) is 1.65. The number of methoxy groups -OCH3 is 1. The highest BCUT2D eigenvalue weighted by molar-refractivity contribution is 9.09. The molecular weight excluding hydrogens is 408 g/mol. The lowest BCUT2D eigenvalue weighted by Gasteiger charge is -2.20. The van der Waals surface area contributed by atoms with E-state index in [0.29, 0.717) is 18.3 Å². The van der Waals surface area contributed by atoms with E-state index >= 15 is 0 Å². The average Bonchev–Trinajstić information content (AvgIpc) is 3.36. The predicted octanol–water partition coefficient (Wildman–Crippen LogP) is 3.97. The molecule has 1 aliphatic heterocycles. The van der Waals surface area contributed by atoms with Gasteiger partial charge < -0.3 is 4.74 Å². The molecule has 0 saturated heterocycles. The van der Waals surface area contributed by atoms with Crippen LogP contribution in [0, 0.1) is 5.41 Å². The fourth-order valence-electron chi connectivity index (χ4n) is 3.62. The lowest BCUT2D eigenvalue weighted by molar-refractivity contribution is -0.135. The van der Waals surface area contributed by atoms with Crippen molar-refractivity contribution in [3.05, 3.63) is 29.5 Å². The number of aromatic nitrogens is 2. The number of fused-ring (bicyclic) bond motifs is 1. The summed E-state index contributed by atoms with van der Waals surface area (Å²) in [5.74, 6) is 1.30. The van der Waals surface area contributed by atoms with Gasteiger partial charge in [0.25, 0.3) is 5.91 Å². The van der Waals surface area contributed by atoms with Crippen molar-refractivity contribution in [2.75, 3.05) is 19.0 Å². The third-order valence-electron chi connectivity index (χ3n) is 5.40. The molecule has 0 N–H and O–H groups in total.